The molecule has 0 unspecified atom stereocenters. The molecule has 7 nitrogen and oxygen atoms in total. The third-order valence-electron chi connectivity index (χ3n) is 3.63. The van der Waals surface area contributed by atoms with E-state index in [2.05, 4.69) is 15.5 Å². The van der Waals surface area contributed by atoms with Gasteiger partial charge in [-0.15, -0.1) is 5.10 Å². The monoisotopic (exact) mass is 405 g/mol. The third-order valence-corrected chi connectivity index (χ3v) is 3.94. The Kier molecular flexibility index (Phi) is 6.10. The molecule has 1 N–H and O–H groups in total. The van der Waals surface area contributed by atoms with Gasteiger partial charge in [0.1, 0.15) is 5.82 Å². The Balaban J connectivity index is 1.82. The molecular weight excluding hydrogens is 389 g/mol. The summed E-state index contributed by atoms with van der Waals surface area (Å²) in [7, 11) is 0. The zero-order chi connectivity index (χ0) is 20.1. The summed E-state index contributed by atoms with van der Waals surface area (Å²) in [5, 5.41) is 9.98. The van der Waals surface area contributed by atoms with Gasteiger partial charge in [0.2, 0.25) is 5.89 Å². The first kappa shape index (κ1) is 19.6. The van der Waals surface area contributed by atoms with Crippen LogP contribution in [-0.2, 0) is 0 Å². The minimum Gasteiger partial charge on any atom is -0.490 e. The Hall–Kier alpha value is -3.13. The van der Waals surface area contributed by atoms with Crippen LogP contribution in [0.5, 0.6) is 11.5 Å². The van der Waals surface area contributed by atoms with Crippen LogP contribution >= 0.6 is 11.6 Å². The Morgan fingerprint density at radius 3 is 2.61 bits per heavy atom. The fourth-order valence-corrected chi connectivity index (χ4v) is 2.70. The van der Waals surface area contributed by atoms with Crippen LogP contribution in [0.2, 0.25) is 5.02 Å². The lowest BCUT2D eigenvalue weighted by Gasteiger charge is -2.11. The number of carbonyl (C=O) groups excluding carboxylic acids is 1. The first-order chi connectivity index (χ1) is 13.5. The molecule has 0 bridgehead atoms. The summed E-state index contributed by atoms with van der Waals surface area (Å²) in [6, 6.07) is 8.91. The number of hydrogen-bond acceptors (Lipinski definition) is 6. The van der Waals surface area contributed by atoms with Crippen molar-refractivity contribution in [3.63, 3.8) is 0 Å². The van der Waals surface area contributed by atoms with Gasteiger partial charge >= 0.3 is 6.01 Å². The molecule has 0 radical (unpaired) electrons. The second-order valence-corrected chi connectivity index (χ2v) is 5.90. The highest BCUT2D eigenvalue weighted by Gasteiger charge is 2.19. The van der Waals surface area contributed by atoms with Crippen LogP contribution in [0.1, 0.15) is 24.2 Å². The van der Waals surface area contributed by atoms with Crippen molar-refractivity contribution in [2.24, 2.45) is 0 Å². The molecule has 3 aromatic rings. The summed E-state index contributed by atoms with van der Waals surface area (Å²) in [4.78, 5) is 12.3. The van der Waals surface area contributed by atoms with Gasteiger partial charge in [0.05, 0.1) is 23.8 Å². The number of anilines is 1. The molecule has 0 aliphatic heterocycles. The molecule has 2 aromatic carbocycles. The minimum absolute atomic E-state index is 0.0230. The summed E-state index contributed by atoms with van der Waals surface area (Å²) in [5.41, 5.74) is 0.271. The van der Waals surface area contributed by atoms with Gasteiger partial charge < -0.3 is 13.9 Å². The molecule has 9 heteroatoms. The Labute approximate surface area is 165 Å². The third kappa shape index (κ3) is 4.23. The van der Waals surface area contributed by atoms with E-state index in [1.807, 2.05) is 13.8 Å². The van der Waals surface area contributed by atoms with Crippen LogP contribution in [0, 0.1) is 5.82 Å². The van der Waals surface area contributed by atoms with E-state index >= 15 is 0 Å². The van der Waals surface area contributed by atoms with Crippen molar-refractivity contribution in [1.29, 1.82) is 0 Å². The van der Waals surface area contributed by atoms with Crippen molar-refractivity contribution < 1.29 is 23.1 Å². The highest BCUT2D eigenvalue weighted by atomic mass is 35.5. The van der Waals surface area contributed by atoms with Gasteiger partial charge in [-0.05, 0) is 44.2 Å². The summed E-state index contributed by atoms with van der Waals surface area (Å²) in [6.45, 7) is 4.68. The summed E-state index contributed by atoms with van der Waals surface area (Å²) >= 11 is 5.89. The zero-order valence-corrected chi connectivity index (χ0v) is 15.9. The summed E-state index contributed by atoms with van der Waals surface area (Å²) in [5.74, 6) is -0.268. The van der Waals surface area contributed by atoms with Crippen molar-refractivity contribution in [3.05, 3.63) is 52.8 Å². The van der Waals surface area contributed by atoms with Gasteiger partial charge in [0.15, 0.2) is 11.5 Å². The number of benzene rings is 2. The maximum absolute atomic E-state index is 13.9. The molecule has 0 fully saturated rings. The average molecular weight is 406 g/mol. The van der Waals surface area contributed by atoms with E-state index in [0.29, 0.717) is 30.3 Å². The Morgan fingerprint density at radius 2 is 1.89 bits per heavy atom. The van der Waals surface area contributed by atoms with Crippen molar-refractivity contribution in [2.75, 3.05) is 18.5 Å². The molecule has 0 spiro atoms. The van der Waals surface area contributed by atoms with E-state index in [1.165, 1.54) is 12.1 Å². The van der Waals surface area contributed by atoms with Crippen molar-refractivity contribution in [1.82, 2.24) is 10.2 Å². The maximum atomic E-state index is 13.9. The van der Waals surface area contributed by atoms with E-state index in [9.17, 15) is 9.18 Å². The number of aromatic nitrogens is 2. The number of nitrogens with zero attached hydrogens (tertiary/aromatic N) is 2. The first-order valence-electron chi connectivity index (χ1n) is 8.52. The molecule has 0 saturated carbocycles. The van der Waals surface area contributed by atoms with E-state index in [1.54, 1.807) is 18.2 Å². The lowest BCUT2D eigenvalue weighted by atomic mass is 10.2. The van der Waals surface area contributed by atoms with Gasteiger partial charge in [0.25, 0.3) is 5.91 Å². The van der Waals surface area contributed by atoms with Gasteiger partial charge in [-0.1, -0.05) is 22.8 Å². The molecule has 3 rings (SSSR count). The van der Waals surface area contributed by atoms with Gasteiger partial charge in [-0.25, -0.2) is 4.39 Å². The molecule has 0 aliphatic rings. The van der Waals surface area contributed by atoms with Crippen LogP contribution in [0.15, 0.2) is 40.8 Å². The number of amides is 1. The average Bonchev–Trinajstić information content (AvgIpc) is 3.12. The van der Waals surface area contributed by atoms with Gasteiger partial charge in [-0.3, -0.25) is 10.1 Å². The molecule has 146 valence electrons. The number of ether oxygens (including phenoxy) is 2. The minimum atomic E-state index is -0.792. The number of nitrogens with one attached hydrogen (secondary N) is 1. The van der Waals surface area contributed by atoms with Crippen molar-refractivity contribution >= 4 is 23.5 Å². The quantitative estimate of drug-likeness (QED) is 0.619. The molecule has 1 aromatic heterocycles. The number of halogens is 2. The SMILES string of the molecule is CCOc1ccc(-c2nnc(NC(=O)c3c(F)cccc3Cl)o2)cc1OCC. The number of hydrogen-bond donors (Lipinski definition) is 1. The molecule has 0 aliphatic carbocycles. The second kappa shape index (κ2) is 8.71. The van der Waals surface area contributed by atoms with E-state index < -0.39 is 11.7 Å². The molecule has 1 heterocycles. The maximum Gasteiger partial charge on any atom is 0.322 e. The lowest BCUT2D eigenvalue weighted by molar-refractivity contribution is 0.102. The van der Waals surface area contributed by atoms with E-state index in [-0.39, 0.29) is 22.5 Å². The largest absolute Gasteiger partial charge is 0.490 e. The fraction of sp³-hybridized carbons (Fsp3) is 0.211. The second-order valence-electron chi connectivity index (χ2n) is 5.49. The number of carbonyl (C=O) groups is 1. The first-order valence-corrected chi connectivity index (χ1v) is 8.90. The molecule has 28 heavy (non-hydrogen) atoms. The van der Waals surface area contributed by atoms with E-state index in [4.69, 9.17) is 25.5 Å². The predicted octanol–water partition coefficient (Wildman–Crippen LogP) is 4.58. The predicted molar refractivity (Wildman–Crippen MR) is 101 cm³/mol. The van der Waals surface area contributed by atoms with Crippen molar-refractivity contribution in [2.45, 2.75) is 13.8 Å². The van der Waals surface area contributed by atoms with Gasteiger partial charge in [-0.2, -0.15) is 0 Å². The van der Waals surface area contributed by atoms with Crippen LogP contribution in [0.25, 0.3) is 11.5 Å². The van der Waals surface area contributed by atoms with Crippen LogP contribution in [0.3, 0.4) is 0 Å². The molecular formula is C19H17ClFN3O4. The Bertz CT molecular complexity index is 973. The summed E-state index contributed by atoms with van der Waals surface area (Å²) < 4.78 is 30.4. The smallest absolute Gasteiger partial charge is 0.322 e. The zero-order valence-electron chi connectivity index (χ0n) is 15.2. The number of rotatable bonds is 7. The molecule has 0 saturated heterocycles. The lowest BCUT2D eigenvalue weighted by Crippen LogP contribution is -2.14. The Morgan fingerprint density at radius 1 is 1.14 bits per heavy atom. The highest BCUT2D eigenvalue weighted by molar-refractivity contribution is 6.34. The van der Waals surface area contributed by atoms with Crippen LogP contribution in [0.4, 0.5) is 10.4 Å². The standard InChI is InChI=1S/C19H17ClFN3O4/c1-3-26-14-9-8-11(10-15(14)27-4-2)18-23-24-19(28-18)22-17(25)16-12(20)6-5-7-13(16)21/h5-10H,3-4H2,1-2H3,(H,22,24,25). The van der Waals surface area contributed by atoms with E-state index in [0.717, 1.165) is 6.07 Å². The van der Waals surface area contributed by atoms with Gasteiger partial charge in [0, 0.05) is 5.56 Å². The topological polar surface area (TPSA) is 86.5 Å². The highest BCUT2D eigenvalue weighted by Crippen LogP contribution is 2.33. The fourth-order valence-electron chi connectivity index (χ4n) is 2.45. The van der Waals surface area contributed by atoms with Crippen molar-refractivity contribution in [3.8, 4) is 23.0 Å². The normalized spacial score (nSPS) is 10.6. The van der Waals surface area contributed by atoms with Crippen LogP contribution < -0.4 is 14.8 Å². The molecule has 0 atom stereocenters. The molecule has 1 amide bonds. The van der Waals surface area contributed by atoms with Crippen LogP contribution in [-0.4, -0.2) is 29.3 Å². The summed E-state index contributed by atoms with van der Waals surface area (Å²) in [6.07, 6.45) is 0.